The Morgan fingerprint density at radius 1 is 1.26 bits per heavy atom. The lowest BCUT2D eigenvalue weighted by molar-refractivity contribution is 0.0984. The van der Waals surface area contributed by atoms with Gasteiger partial charge in [-0.1, -0.05) is 18.2 Å². The van der Waals surface area contributed by atoms with E-state index in [4.69, 9.17) is 5.73 Å². The molecule has 2 aromatic rings. The van der Waals surface area contributed by atoms with Gasteiger partial charge in [-0.25, -0.2) is 4.98 Å². The Morgan fingerprint density at radius 2 is 2.00 bits per heavy atom. The molecule has 2 rings (SSSR count). The summed E-state index contributed by atoms with van der Waals surface area (Å²) in [6, 6.07) is 11.2. The van der Waals surface area contributed by atoms with Crippen molar-refractivity contribution in [2.45, 2.75) is 13.8 Å². The lowest BCUT2D eigenvalue weighted by Crippen LogP contribution is -2.32. The molecule has 0 unspecified atom stereocenters. The summed E-state index contributed by atoms with van der Waals surface area (Å²) < 4.78 is 0. The van der Waals surface area contributed by atoms with Gasteiger partial charge in [0.05, 0.1) is 5.69 Å². The Kier molecular flexibility index (Phi) is 3.80. The van der Waals surface area contributed by atoms with Crippen LogP contribution in [0, 0.1) is 6.92 Å². The van der Waals surface area contributed by atoms with Crippen LogP contribution in [-0.2, 0) is 0 Å². The predicted molar refractivity (Wildman–Crippen MR) is 77.2 cm³/mol. The molecule has 1 heterocycles. The summed E-state index contributed by atoms with van der Waals surface area (Å²) in [7, 11) is 0. The predicted octanol–water partition coefficient (Wildman–Crippen LogP) is 2.64. The van der Waals surface area contributed by atoms with Crippen molar-refractivity contribution < 1.29 is 4.79 Å². The first-order chi connectivity index (χ1) is 9.15. The second kappa shape index (κ2) is 5.52. The van der Waals surface area contributed by atoms with Crippen molar-refractivity contribution in [1.82, 2.24) is 4.98 Å². The zero-order chi connectivity index (χ0) is 13.8. The molecule has 1 aromatic carbocycles. The lowest BCUT2D eigenvalue weighted by Gasteiger charge is -2.23. The molecular weight excluding hydrogens is 238 g/mol. The maximum atomic E-state index is 12.5. The number of rotatable bonds is 3. The van der Waals surface area contributed by atoms with Crippen LogP contribution in [0.1, 0.15) is 23.0 Å². The normalized spacial score (nSPS) is 10.2. The molecule has 2 N–H and O–H groups in total. The highest BCUT2D eigenvalue weighted by Gasteiger charge is 2.20. The summed E-state index contributed by atoms with van der Waals surface area (Å²) >= 11 is 0. The van der Waals surface area contributed by atoms with Crippen molar-refractivity contribution in [2.75, 3.05) is 17.2 Å². The zero-order valence-electron chi connectivity index (χ0n) is 11.1. The Morgan fingerprint density at radius 3 is 2.63 bits per heavy atom. The fourth-order valence-electron chi connectivity index (χ4n) is 2.01. The molecule has 4 nitrogen and oxygen atoms in total. The van der Waals surface area contributed by atoms with E-state index in [0.29, 0.717) is 17.9 Å². The number of aryl methyl sites for hydroxylation is 1. The van der Waals surface area contributed by atoms with E-state index in [0.717, 1.165) is 11.3 Å². The maximum Gasteiger partial charge on any atom is 0.279 e. The van der Waals surface area contributed by atoms with Crippen LogP contribution < -0.4 is 10.6 Å². The molecule has 0 radical (unpaired) electrons. The molecule has 0 aliphatic rings. The number of hydrogen-bond donors (Lipinski definition) is 1. The summed E-state index contributed by atoms with van der Waals surface area (Å²) in [4.78, 5) is 18.3. The molecule has 0 atom stereocenters. The molecule has 0 fully saturated rings. The van der Waals surface area contributed by atoms with Crippen LogP contribution in [0.5, 0.6) is 0 Å². The van der Waals surface area contributed by atoms with Gasteiger partial charge in [0, 0.05) is 18.4 Å². The van der Waals surface area contributed by atoms with Gasteiger partial charge in [0.15, 0.2) is 5.69 Å². The fourth-order valence-corrected chi connectivity index (χ4v) is 2.01. The van der Waals surface area contributed by atoms with E-state index in [1.807, 2.05) is 38.1 Å². The number of hydrogen-bond acceptors (Lipinski definition) is 3. The van der Waals surface area contributed by atoms with Crippen molar-refractivity contribution >= 4 is 17.3 Å². The minimum Gasteiger partial charge on any atom is -0.397 e. The van der Waals surface area contributed by atoms with Crippen LogP contribution in [0.2, 0.25) is 0 Å². The topological polar surface area (TPSA) is 59.2 Å². The molecule has 0 spiro atoms. The molecular formula is C15H17N3O. The number of aromatic nitrogens is 1. The highest BCUT2D eigenvalue weighted by atomic mass is 16.2. The van der Waals surface area contributed by atoms with Gasteiger partial charge in [0.2, 0.25) is 0 Å². The van der Waals surface area contributed by atoms with Crippen molar-refractivity contribution in [3.63, 3.8) is 0 Å². The molecule has 1 aromatic heterocycles. The highest BCUT2D eigenvalue weighted by Crippen LogP contribution is 2.22. The summed E-state index contributed by atoms with van der Waals surface area (Å²) in [5, 5.41) is 0. The first kappa shape index (κ1) is 13.1. The first-order valence-corrected chi connectivity index (χ1v) is 6.23. The Balaban J connectivity index is 2.41. The minimum atomic E-state index is -0.171. The number of para-hydroxylation sites is 1. The smallest absolute Gasteiger partial charge is 0.279 e. The molecule has 0 aliphatic carbocycles. The molecule has 0 saturated carbocycles. The molecule has 0 aliphatic heterocycles. The van der Waals surface area contributed by atoms with Crippen molar-refractivity contribution in [3.05, 3.63) is 53.9 Å². The molecule has 0 bridgehead atoms. The van der Waals surface area contributed by atoms with Crippen LogP contribution >= 0.6 is 0 Å². The number of amides is 1. The summed E-state index contributed by atoms with van der Waals surface area (Å²) in [6.07, 6.45) is 1.58. The monoisotopic (exact) mass is 255 g/mol. The van der Waals surface area contributed by atoms with Crippen LogP contribution in [0.25, 0.3) is 0 Å². The first-order valence-electron chi connectivity index (χ1n) is 6.23. The lowest BCUT2D eigenvalue weighted by atomic mass is 10.1. The third-order valence-electron chi connectivity index (χ3n) is 3.01. The molecule has 19 heavy (non-hydrogen) atoms. The molecule has 1 amide bonds. The largest absolute Gasteiger partial charge is 0.397 e. The summed E-state index contributed by atoms with van der Waals surface area (Å²) in [6.45, 7) is 4.48. The van der Waals surface area contributed by atoms with Crippen LogP contribution in [0.15, 0.2) is 42.6 Å². The van der Waals surface area contributed by atoms with Gasteiger partial charge >= 0.3 is 0 Å². The van der Waals surface area contributed by atoms with Gasteiger partial charge < -0.3 is 10.6 Å². The third-order valence-corrected chi connectivity index (χ3v) is 3.01. The number of carbonyl (C=O) groups is 1. The Hall–Kier alpha value is -2.36. The SMILES string of the molecule is CCN(C(=O)c1ncccc1N)c1ccccc1C. The van der Waals surface area contributed by atoms with Gasteiger partial charge in [0.25, 0.3) is 5.91 Å². The van der Waals surface area contributed by atoms with Crippen LogP contribution in [0.4, 0.5) is 11.4 Å². The number of anilines is 2. The van der Waals surface area contributed by atoms with Crippen molar-refractivity contribution in [3.8, 4) is 0 Å². The quantitative estimate of drug-likeness (QED) is 0.917. The van der Waals surface area contributed by atoms with Crippen LogP contribution in [0.3, 0.4) is 0 Å². The second-order valence-electron chi connectivity index (χ2n) is 4.28. The van der Waals surface area contributed by atoms with E-state index in [1.54, 1.807) is 23.2 Å². The number of benzene rings is 1. The van der Waals surface area contributed by atoms with E-state index in [2.05, 4.69) is 4.98 Å². The molecule has 4 heteroatoms. The zero-order valence-corrected chi connectivity index (χ0v) is 11.1. The minimum absolute atomic E-state index is 0.171. The van der Waals surface area contributed by atoms with Crippen LogP contribution in [-0.4, -0.2) is 17.4 Å². The van der Waals surface area contributed by atoms with E-state index in [9.17, 15) is 4.79 Å². The van der Waals surface area contributed by atoms with Crippen molar-refractivity contribution in [1.29, 1.82) is 0 Å². The Labute approximate surface area is 112 Å². The summed E-state index contributed by atoms with van der Waals surface area (Å²) in [5.74, 6) is -0.171. The highest BCUT2D eigenvalue weighted by molar-refractivity contribution is 6.08. The number of nitrogens with two attached hydrogens (primary N) is 1. The average Bonchev–Trinajstić information content (AvgIpc) is 2.42. The molecule has 0 saturated heterocycles. The average molecular weight is 255 g/mol. The van der Waals surface area contributed by atoms with Gasteiger partial charge in [0.1, 0.15) is 0 Å². The van der Waals surface area contributed by atoms with E-state index < -0.39 is 0 Å². The standard InChI is InChI=1S/C15H17N3O/c1-3-18(13-9-5-4-7-11(13)2)15(19)14-12(16)8-6-10-17-14/h4-10H,3,16H2,1-2H3. The van der Waals surface area contributed by atoms with Crippen molar-refractivity contribution in [2.24, 2.45) is 0 Å². The third kappa shape index (κ3) is 2.57. The summed E-state index contributed by atoms with van der Waals surface area (Å²) in [5.41, 5.74) is 8.46. The van der Waals surface area contributed by atoms with E-state index in [1.165, 1.54) is 0 Å². The van der Waals surface area contributed by atoms with E-state index >= 15 is 0 Å². The number of pyridine rings is 1. The number of carbonyl (C=O) groups excluding carboxylic acids is 1. The molecule has 98 valence electrons. The second-order valence-corrected chi connectivity index (χ2v) is 4.28. The fraction of sp³-hybridized carbons (Fsp3) is 0.200. The van der Waals surface area contributed by atoms with Gasteiger partial charge in [-0.05, 0) is 37.6 Å². The maximum absolute atomic E-state index is 12.5. The number of nitrogen functional groups attached to an aromatic ring is 1. The van der Waals surface area contributed by atoms with E-state index in [-0.39, 0.29) is 5.91 Å². The van der Waals surface area contributed by atoms with Gasteiger partial charge in [-0.2, -0.15) is 0 Å². The van der Waals surface area contributed by atoms with Gasteiger partial charge in [-0.3, -0.25) is 4.79 Å². The number of nitrogens with zero attached hydrogens (tertiary/aromatic N) is 2. The Bertz CT molecular complexity index is 595. The van der Waals surface area contributed by atoms with Gasteiger partial charge in [-0.15, -0.1) is 0 Å².